The highest BCUT2D eigenvalue weighted by molar-refractivity contribution is 5.97. The Hall–Kier alpha value is -3.81. The van der Waals surface area contributed by atoms with Crippen LogP contribution in [-0.2, 0) is 20.7 Å². The zero-order valence-corrected chi connectivity index (χ0v) is 15.7. The Labute approximate surface area is 166 Å². The van der Waals surface area contributed by atoms with E-state index in [-0.39, 0.29) is 18.1 Å². The number of furan rings is 1. The number of fused-ring (bicyclic) bond motifs is 1. The van der Waals surface area contributed by atoms with Gasteiger partial charge in [-0.25, -0.2) is 0 Å². The van der Waals surface area contributed by atoms with E-state index < -0.39 is 18.5 Å². The Bertz CT molecular complexity index is 1060. The molecular weight excluding hydrogens is 376 g/mol. The van der Waals surface area contributed by atoms with Crippen LogP contribution >= 0.6 is 0 Å². The highest BCUT2D eigenvalue weighted by Gasteiger charge is 2.14. The third-order valence-corrected chi connectivity index (χ3v) is 4.08. The number of aromatic hydroxyl groups is 1. The molecule has 8 heteroatoms. The molecule has 0 saturated heterocycles. The van der Waals surface area contributed by atoms with Crippen LogP contribution in [0.1, 0.15) is 22.8 Å². The van der Waals surface area contributed by atoms with Crippen molar-refractivity contribution < 1.29 is 28.6 Å². The molecule has 0 spiro atoms. The van der Waals surface area contributed by atoms with Crippen molar-refractivity contribution in [1.29, 1.82) is 0 Å². The number of phenolic OH excluding ortho intramolecular Hbond substituents is 1. The summed E-state index contributed by atoms with van der Waals surface area (Å²) in [5, 5.41) is 15.4. The molecule has 0 saturated carbocycles. The Balaban J connectivity index is 1.53. The van der Waals surface area contributed by atoms with Crippen molar-refractivity contribution >= 4 is 34.4 Å². The minimum absolute atomic E-state index is 0.0638. The van der Waals surface area contributed by atoms with Crippen LogP contribution in [0.2, 0.25) is 0 Å². The molecule has 0 aliphatic heterocycles. The number of carbonyl (C=O) groups is 3. The number of hydrogen-bond donors (Lipinski definition) is 3. The van der Waals surface area contributed by atoms with Gasteiger partial charge in [-0.1, -0.05) is 6.07 Å². The van der Waals surface area contributed by atoms with Crippen molar-refractivity contribution in [1.82, 2.24) is 5.32 Å². The van der Waals surface area contributed by atoms with Gasteiger partial charge in [0, 0.05) is 34.8 Å². The van der Waals surface area contributed by atoms with Crippen molar-refractivity contribution in [3.05, 3.63) is 59.9 Å². The molecule has 3 N–H and O–H groups in total. The lowest BCUT2D eigenvalue weighted by atomic mass is 10.1. The number of hydrogen-bond acceptors (Lipinski definition) is 6. The zero-order valence-electron chi connectivity index (χ0n) is 15.7. The summed E-state index contributed by atoms with van der Waals surface area (Å²) in [5.74, 6) is -1.29. The van der Waals surface area contributed by atoms with Crippen LogP contribution in [0.15, 0.2) is 53.1 Å². The highest BCUT2D eigenvalue weighted by atomic mass is 16.5. The first-order valence-electron chi connectivity index (χ1n) is 8.99. The van der Waals surface area contributed by atoms with Crippen LogP contribution in [0, 0.1) is 0 Å². The third kappa shape index (κ3) is 5.13. The molecule has 1 heterocycles. The number of ether oxygens (including phenoxy) is 1. The van der Waals surface area contributed by atoms with Crippen LogP contribution in [0.3, 0.4) is 0 Å². The molecule has 0 bridgehead atoms. The summed E-state index contributed by atoms with van der Waals surface area (Å²) in [6.45, 7) is 1.85. The Morgan fingerprint density at radius 2 is 1.97 bits per heavy atom. The lowest BCUT2D eigenvalue weighted by Gasteiger charge is -2.08. The number of phenols is 1. The Kier molecular flexibility index (Phi) is 6.13. The van der Waals surface area contributed by atoms with E-state index >= 15 is 0 Å². The average Bonchev–Trinajstić information content (AvgIpc) is 3.08. The van der Waals surface area contributed by atoms with Gasteiger partial charge in [-0.05, 0) is 37.3 Å². The van der Waals surface area contributed by atoms with E-state index in [9.17, 15) is 19.5 Å². The summed E-state index contributed by atoms with van der Waals surface area (Å²) in [7, 11) is 0. The molecule has 0 atom stereocenters. The van der Waals surface area contributed by atoms with Crippen molar-refractivity contribution in [2.75, 3.05) is 18.5 Å². The van der Waals surface area contributed by atoms with Gasteiger partial charge in [-0.15, -0.1) is 0 Å². The number of esters is 1. The van der Waals surface area contributed by atoms with Gasteiger partial charge in [0.2, 0.25) is 0 Å². The van der Waals surface area contributed by atoms with Gasteiger partial charge in [0.05, 0.1) is 12.7 Å². The first-order chi connectivity index (χ1) is 14.0. The van der Waals surface area contributed by atoms with Gasteiger partial charge >= 0.3 is 5.97 Å². The number of nitrogens with one attached hydrogen (secondary N) is 2. The Morgan fingerprint density at radius 1 is 1.14 bits per heavy atom. The predicted octanol–water partition coefficient (Wildman–Crippen LogP) is 2.61. The lowest BCUT2D eigenvalue weighted by Crippen LogP contribution is -2.24. The topological polar surface area (TPSA) is 118 Å². The van der Waals surface area contributed by atoms with Gasteiger partial charge in [-0.3, -0.25) is 14.4 Å². The van der Waals surface area contributed by atoms with Crippen molar-refractivity contribution in [2.24, 2.45) is 0 Å². The SMILES string of the molecule is CCNC(=O)c1cccc(NC(=O)COC(=O)Cc2coc3cc(O)ccc23)c1. The number of benzene rings is 2. The molecule has 0 unspecified atom stereocenters. The third-order valence-electron chi connectivity index (χ3n) is 4.08. The van der Waals surface area contributed by atoms with Crippen molar-refractivity contribution in [2.45, 2.75) is 13.3 Å². The fraction of sp³-hybridized carbons (Fsp3) is 0.190. The highest BCUT2D eigenvalue weighted by Crippen LogP contribution is 2.25. The van der Waals surface area contributed by atoms with Crippen LogP contribution < -0.4 is 10.6 Å². The smallest absolute Gasteiger partial charge is 0.310 e. The molecule has 2 aromatic carbocycles. The second kappa shape index (κ2) is 8.92. The predicted molar refractivity (Wildman–Crippen MR) is 106 cm³/mol. The fourth-order valence-corrected chi connectivity index (χ4v) is 2.76. The van der Waals surface area contributed by atoms with Gasteiger partial charge in [0.1, 0.15) is 11.3 Å². The normalized spacial score (nSPS) is 10.5. The van der Waals surface area contributed by atoms with E-state index in [1.165, 1.54) is 24.5 Å². The van der Waals surface area contributed by atoms with Crippen molar-refractivity contribution in [3.63, 3.8) is 0 Å². The molecule has 0 aliphatic rings. The van der Waals surface area contributed by atoms with E-state index in [1.807, 2.05) is 6.92 Å². The van der Waals surface area contributed by atoms with Crippen LogP contribution in [-0.4, -0.2) is 36.0 Å². The largest absolute Gasteiger partial charge is 0.508 e. The summed E-state index contributed by atoms with van der Waals surface area (Å²) < 4.78 is 10.3. The molecular formula is C21H20N2O6. The quantitative estimate of drug-likeness (QED) is 0.529. The molecule has 3 rings (SSSR count). The van der Waals surface area contributed by atoms with E-state index in [2.05, 4.69) is 10.6 Å². The molecule has 0 fully saturated rings. The number of carbonyl (C=O) groups excluding carboxylic acids is 3. The van der Waals surface area contributed by atoms with Gasteiger partial charge in [0.25, 0.3) is 11.8 Å². The standard InChI is InChI=1S/C21H20N2O6/c1-2-22-21(27)13-4-3-5-15(8-13)23-19(25)12-29-20(26)9-14-11-28-18-10-16(24)6-7-17(14)18/h3-8,10-11,24H,2,9,12H2,1H3,(H,22,27)(H,23,25). The minimum atomic E-state index is -0.591. The van der Waals surface area contributed by atoms with Crippen LogP contribution in [0.5, 0.6) is 5.75 Å². The molecule has 1 aromatic heterocycles. The minimum Gasteiger partial charge on any atom is -0.508 e. The average molecular weight is 396 g/mol. The first-order valence-corrected chi connectivity index (χ1v) is 8.99. The molecule has 0 radical (unpaired) electrons. The van der Waals surface area contributed by atoms with E-state index in [1.54, 1.807) is 24.3 Å². The van der Waals surface area contributed by atoms with Crippen LogP contribution in [0.25, 0.3) is 11.0 Å². The lowest BCUT2D eigenvalue weighted by molar-refractivity contribution is -0.146. The number of anilines is 1. The summed E-state index contributed by atoms with van der Waals surface area (Å²) in [6, 6.07) is 11.0. The second-order valence-corrected chi connectivity index (χ2v) is 6.27. The van der Waals surface area contributed by atoms with E-state index in [0.29, 0.717) is 34.3 Å². The number of amides is 2. The maximum Gasteiger partial charge on any atom is 0.310 e. The number of rotatable bonds is 7. The molecule has 2 amide bonds. The summed E-state index contributed by atoms with van der Waals surface area (Å²) >= 11 is 0. The molecule has 29 heavy (non-hydrogen) atoms. The van der Waals surface area contributed by atoms with Crippen LogP contribution in [0.4, 0.5) is 5.69 Å². The molecule has 3 aromatic rings. The van der Waals surface area contributed by atoms with E-state index in [0.717, 1.165) is 0 Å². The summed E-state index contributed by atoms with van der Waals surface area (Å²) in [4.78, 5) is 35.9. The molecule has 8 nitrogen and oxygen atoms in total. The fourth-order valence-electron chi connectivity index (χ4n) is 2.76. The van der Waals surface area contributed by atoms with Crippen molar-refractivity contribution in [3.8, 4) is 5.75 Å². The van der Waals surface area contributed by atoms with Gasteiger partial charge in [0.15, 0.2) is 6.61 Å². The van der Waals surface area contributed by atoms with Gasteiger partial charge in [-0.2, -0.15) is 0 Å². The summed E-state index contributed by atoms with van der Waals surface area (Å²) in [5.41, 5.74) is 1.90. The maximum absolute atomic E-state index is 12.0. The Morgan fingerprint density at radius 3 is 2.76 bits per heavy atom. The molecule has 0 aliphatic carbocycles. The maximum atomic E-state index is 12.0. The zero-order chi connectivity index (χ0) is 20.8. The summed E-state index contributed by atoms with van der Waals surface area (Å²) in [6.07, 6.45) is 1.34. The van der Waals surface area contributed by atoms with E-state index in [4.69, 9.17) is 9.15 Å². The first kappa shape index (κ1) is 19.9. The monoisotopic (exact) mass is 396 g/mol. The second-order valence-electron chi connectivity index (χ2n) is 6.27. The molecule has 150 valence electrons. The van der Waals surface area contributed by atoms with Gasteiger partial charge < -0.3 is 24.9 Å².